The topological polar surface area (TPSA) is 54.4 Å². The summed E-state index contributed by atoms with van der Waals surface area (Å²) in [6.07, 6.45) is 0.0101. The molecule has 13 heavy (non-hydrogen) atoms. The Bertz CT molecular complexity index is 211. The van der Waals surface area contributed by atoms with E-state index in [9.17, 15) is 9.59 Å². The third kappa shape index (κ3) is 5.88. The summed E-state index contributed by atoms with van der Waals surface area (Å²) >= 11 is 10.7. The van der Waals surface area contributed by atoms with Crippen molar-refractivity contribution < 1.29 is 14.7 Å². The van der Waals surface area contributed by atoms with Crippen molar-refractivity contribution in [3.63, 3.8) is 0 Å². The molecule has 0 radical (unpaired) electrons. The van der Waals surface area contributed by atoms with Crippen molar-refractivity contribution in [2.45, 2.75) is 31.5 Å². The summed E-state index contributed by atoms with van der Waals surface area (Å²) in [7, 11) is 0. The number of carbonyl (C=O) groups is 2. The van der Waals surface area contributed by atoms with Gasteiger partial charge in [0.15, 0.2) is 10.6 Å². The minimum Gasteiger partial charge on any atom is -0.481 e. The van der Waals surface area contributed by atoms with Crippen LogP contribution in [0.15, 0.2) is 0 Å². The fraction of sp³-hybridized carbons (Fsp3) is 0.750. The van der Waals surface area contributed by atoms with Crippen molar-refractivity contribution >= 4 is 35.0 Å². The summed E-state index contributed by atoms with van der Waals surface area (Å²) in [5.41, 5.74) is -0.592. The molecule has 0 aromatic heterocycles. The second-order valence-corrected chi connectivity index (χ2v) is 4.77. The first-order valence-electron chi connectivity index (χ1n) is 3.77. The zero-order valence-corrected chi connectivity index (χ0v) is 9.02. The first-order valence-corrected chi connectivity index (χ1v) is 4.64. The Morgan fingerprint density at radius 1 is 1.31 bits per heavy atom. The molecular formula is C8H12Cl2O3. The maximum Gasteiger partial charge on any atom is 0.303 e. The van der Waals surface area contributed by atoms with Crippen LogP contribution in [0.3, 0.4) is 0 Å². The Morgan fingerprint density at radius 3 is 2.08 bits per heavy atom. The number of carbonyl (C=O) groups excluding carboxylic acids is 1. The summed E-state index contributed by atoms with van der Waals surface area (Å²) in [5, 5.41) is 8.52. The fourth-order valence-corrected chi connectivity index (χ4v) is 1.18. The largest absolute Gasteiger partial charge is 0.481 e. The molecule has 0 aromatic rings. The van der Waals surface area contributed by atoms with E-state index in [1.807, 2.05) is 0 Å². The molecule has 0 rings (SSSR count). The van der Waals surface area contributed by atoms with Crippen molar-refractivity contribution in [1.29, 1.82) is 0 Å². The lowest BCUT2D eigenvalue weighted by Crippen LogP contribution is -2.23. The van der Waals surface area contributed by atoms with Gasteiger partial charge in [-0.25, -0.2) is 0 Å². The molecule has 0 aliphatic rings. The van der Waals surface area contributed by atoms with Crippen LogP contribution >= 0.6 is 23.2 Å². The standard InChI is InChI=1S/C8H12Cl2O3/c1-8(2,4-6(12)13)3-5(11)7(9)10/h7H,3-4H2,1-2H3,(H,12,13). The molecule has 0 heterocycles. The van der Waals surface area contributed by atoms with E-state index in [0.29, 0.717) is 0 Å². The Morgan fingerprint density at radius 2 is 1.77 bits per heavy atom. The van der Waals surface area contributed by atoms with Crippen molar-refractivity contribution in [2.75, 3.05) is 0 Å². The SMILES string of the molecule is CC(C)(CC(=O)O)CC(=O)C(Cl)Cl. The Kier molecular flexibility index (Phi) is 4.71. The van der Waals surface area contributed by atoms with E-state index in [1.54, 1.807) is 13.8 Å². The van der Waals surface area contributed by atoms with Crippen LogP contribution in [0.25, 0.3) is 0 Å². The van der Waals surface area contributed by atoms with Crippen LogP contribution < -0.4 is 0 Å². The van der Waals surface area contributed by atoms with Crippen LogP contribution in [0.1, 0.15) is 26.7 Å². The third-order valence-corrected chi connectivity index (χ3v) is 2.01. The van der Waals surface area contributed by atoms with Gasteiger partial charge < -0.3 is 5.11 Å². The number of alkyl halides is 2. The summed E-state index contributed by atoms with van der Waals surface area (Å²) < 4.78 is 0. The number of halogens is 2. The molecule has 0 bridgehead atoms. The monoisotopic (exact) mass is 226 g/mol. The number of carboxylic acids is 1. The summed E-state index contributed by atoms with van der Waals surface area (Å²) in [6.45, 7) is 3.38. The minimum absolute atomic E-state index is 0.0702. The number of hydrogen-bond donors (Lipinski definition) is 1. The molecule has 0 amide bonds. The highest BCUT2D eigenvalue weighted by atomic mass is 35.5. The van der Waals surface area contributed by atoms with Gasteiger partial charge in [-0.15, -0.1) is 0 Å². The van der Waals surface area contributed by atoms with Crippen LogP contribution in [0.2, 0.25) is 0 Å². The molecule has 1 N–H and O–H groups in total. The molecule has 76 valence electrons. The van der Waals surface area contributed by atoms with E-state index in [-0.39, 0.29) is 18.6 Å². The van der Waals surface area contributed by atoms with E-state index < -0.39 is 16.2 Å². The molecule has 0 aromatic carbocycles. The molecule has 0 saturated heterocycles. The fourth-order valence-electron chi connectivity index (χ4n) is 1.02. The zero-order chi connectivity index (χ0) is 10.6. The highest BCUT2D eigenvalue weighted by Crippen LogP contribution is 2.27. The van der Waals surface area contributed by atoms with E-state index in [4.69, 9.17) is 28.3 Å². The van der Waals surface area contributed by atoms with Crippen LogP contribution in [0, 0.1) is 5.41 Å². The van der Waals surface area contributed by atoms with Crippen LogP contribution in [0.4, 0.5) is 0 Å². The van der Waals surface area contributed by atoms with Crippen molar-refractivity contribution in [3.8, 4) is 0 Å². The van der Waals surface area contributed by atoms with Crippen molar-refractivity contribution in [3.05, 3.63) is 0 Å². The summed E-state index contributed by atoms with van der Waals surface area (Å²) in [6, 6.07) is 0. The van der Waals surface area contributed by atoms with Gasteiger partial charge in [-0.2, -0.15) is 0 Å². The predicted octanol–water partition coefficient (Wildman–Crippen LogP) is 2.25. The van der Waals surface area contributed by atoms with Crippen LogP contribution in [-0.2, 0) is 9.59 Å². The zero-order valence-electron chi connectivity index (χ0n) is 7.51. The number of hydrogen-bond acceptors (Lipinski definition) is 2. The average molecular weight is 227 g/mol. The second-order valence-electron chi connectivity index (χ2n) is 3.68. The van der Waals surface area contributed by atoms with Gasteiger partial charge in [0.1, 0.15) is 0 Å². The normalized spacial score (nSPS) is 11.8. The maximum absolute atomic E-state index is 11.1. The molecule has 0 saturated carbocycles. The smallest absolute Gasteiger partial charge is 0.303 e. The number of rotatable bonds is 5. The van der Waals surface area contributed by atoms with Crippen LogP contribution in [-0.4, -0.2) is 21.7 Å². The summed E-state index contributed by atoms with van der Waals surface area (Å²) in [5.74, 6) is -1.27. The minimum atomic E-state index is -1.06. The van der Waals surface area contributed by atoms with Gasteiger partial charge in [0.25, 0.3) is 0 Å². The number of aliphatic carboxylic acids is 1. The van der Waals surface area contributed by atoms with E-state index in [2.05, 4.69) is 0 Å². The molecular weight excluding hydrogens is 215 g/mol. The molecule has 5 heteroatoms. The van der Waals surface area contributed by atoms with E-state index in [0.717, 1.165) is 0 Å². The van der Waals surface area contributed by atoms with Gasteiger partial charge in [-0.3, -0.25) is 9.59 Å². The molecule has 0 spiro atoms. The lowest BCUT2D eigenvalue weighted by atomic mass is 9.84. The van der Waals surface area contributed by atoms with Gasteiger partial charge in [0.05, 0.1) is 6.42 Å². The number of Topliss-reactive ketones (excluding diaryl/α,β-unsaturated/α-hetero) is 1. The second kappa shape index (κ2) is 4.82. The maximum atomic E-state index is 11.1. The molecule has 0 atom stereocenters. The summed E-state index contributed by atoms with van der Waals surface area (Å²) in [4.78, 5) is 20.4. The van der Waals surface area contributed by atoms with Crippen molar-refractivity contribution in [1.82, 2.24) is 0 Å². The quantitative estimate of drug-likeness (QED) is 0.732. The van der Waals surface area contributed by atoms with Gasteiger partial charge in [0.2, 0.25) is 0 Å². The first-order chi connectivity index (χ1) is 5.74. The van der Waals surface area contributed by atoms with Crippen molar-refractivity contribution in [2.24, 2.45) is 5.41 Å². The third-order valence-electron chi connectivity index (χ3n) is 1.53. The Labute approximate surface area is 87.0 Å². The molecule has 0 unspecified atom stereocenters. The highest BCUT2D eigenvalue weighted by molar-refractivity contribution is 6.53. The van der Waals surface area contributed by atoms with Gasteiger partial charge in [-0.1, -0.05) is 37.0 Å². The first kappa shape index (κ1) is 12.7. The molecule has 0 aliphatic heterocycles. The van der Waals surface area contributed by atoms with Crippen LogP contribution in [0.5, 0.6) is 0 Å². The molecule has 0 fully saturated rings. The lowest BCUT2D eigenvalue weighted by molar-refractivity contribution is -0.139. The molecule has 3 nitrogen and oxygen atoms in total. The van der Waals surface area contributed by atoms with E-state index in [1.165, 1.54) is 0 Å². The predicted molar refractivity (Wildman–Crippen MR) is 51.2 cm³/mol. The molecule has 0 aliphatic carbocycles. The van der Waals surface area contributed by atoms with E-state index >= 15 is 0 Å². The van der Waals surface area contributed by atoms with Gasteiger partial charge in [0, 0.05) is 6.42 Å². The van der Waals surface area contributed by atoms with Gasteiger partial charge >= 0.3 is 5.97 Å². The average Bonchev–Trinajstić information content (AvgIpc) is 1.81. The Balaban J connectivity index is 4.16. The number of ketones is 1. The highest BCUT2D eigenvalue weighted by Gasteiger charge is 2.27. The lowest BCUT2D eigenvalue weighted by Gasteiger charge is -2.21. The van der Waals surface area contributed by atoms with Gasteiger partial charge in [-0.05, 0) is 5.41 Å². The number of carboxylic acid groups (broad SMARTS) is 1. The Hall–Kier alpha value is -0.280.